The highest BCUT2D eigenvalue weighted by molar-refractivity contribution is 7.92. The van der Waals surface area contributed by atoms with Gasteiger partial charge in [0.15, 0.2) is 0 Å². The predicted octanol–water partition coefficient (Wildman–Crippen LogP) is 2.36. The number of benzene rings is 2. The van der Waals surface area contributed by atoms with Crippen LogP contribution >= 0.6 is 0 Å². The first-order chi connectivity index (χ1) is 11.7. The van der Waals surface area contributed by atoms with Crippen molar-refractivity contribution in [1.29, 1.82) is 0 Å². The molecule has 0 aliphatic rings. The Bertz CT molecular complexity index is 860. The van der Waals surface area contributed by atoms with Crippen LogP contribution in [0, 0.1) is 6.92 Å². The van der Waals surface area contributed by atoms with Crippen LogP contribution < -0.4 is 14.9 Å². The van der Waals surface area contributed by atoms with Gasteiger partial charge in [-0.25, -0.2) is 8.42 Å². The van der Waals surface area contributed by atoms with Crippen LogP contribution in [0.5, 0.6) is 0 Å². The number of carbonyl (C=O) groups excluding carboxylic acids is 1. The van der Waals surface area contributed by atoms with E-state index in [2.05, 4.69) is 10.0 Å². The van der Waals surface area contributed by atoms with Gasteiger partial charge in [-0.05, 0) is 42.3 Å². The van der Waals surface area contributed by atoms with E-state index in [1.54, 1.807) is 25.1 Å². The van der Waals surface area contributed by atoms with E-state index in [0.717, 1.165) is 23.1 Å². The lowest BCUT2D eigenvalue weighted by molar-refractivity contribution is 0.0951. The van der Waals surface area contributed by atoms with Crippen LogP contribution in [0.2, 0.25) is 0 Å². The van der Waals surface area contributed by atoms with Crippen LogP contribution in [0.15, 0.2) is 42.5 Å². The zero-order chi connectivity index (χ0) is 18.6. The van der Waals surface area contributed by atoms with E-state index >= 15 is 0 Å². The number of hydrogen-bond donors (Lipinski definition) is 2. The molecule has 2 rings (SSSR count). The number of carbonyl (C=O) groups is 1. The van der Waals surface area contributed by atoms with Crippen LogP contribution in [-0.4, -0.2) is 34.7 Å². The molecule has 134 valence electrons. The van der Waals surface area contributed by atoms with Crippen LogP contribution in [0.4, 0.5) is 11.4 Å². The fourth-order valence-electron chi connectivity index (χ4n) is 2.27. The molecule has 0 unspecified atom stereocenters. The van der Waals surface area contributed by atoms with Gasteiger partial charge in [-0.1, -0.05) is 18.2 Å². The molecule has 0 spiro atoms. The van der Waals surface area contributed by atoms with E-state index in [4.69, 9.17) is 0 Å². The Labute approximate surface area is 148 Å². The monoisotopic (exact) mass is 361 g/mol. The van der Waals surface area contributed by atoms with Gasteiger partial charge in [-0.2, -0.15) is 0 Å². The molecular formula is C18H23N3O3S. The van der Waals surface area contributed by atoms with Crippen molar-refractivity contribution in [3.05, 3.63) is 59.2 Å². The van der Waals surface area contributed by atoms with Crippen molar-refractivity contribution in [2.75, 3.05) is 30.0 Å². The number of aryl methyl sites for hydroxylation is 1. The molecule has 0 saturated heterocycles. The number of amides is 1. The number of nitrogens with one attached hydrogen (secondary N) is 2. The van der Waals surface area contributed by atoms with Crippen molar-refractivity contribution in [3.8, 4) is 0 Å². The first-order valence-electron chi connectivity index (χ1n) is 7.78. The van der Waals surface area contributed by atoms with Crippen molar-refractivity contribution in [2.45, 2.75) is 13.5 Å². The van der Waals surface area contributed by atoms with Gasteiger partial charge in [0.05, 0.1) is 11.9 Å². The molecule has 0 radical (unpaired) electrons. The van der Waals surface area contributed by atoms with Gasteiger partial charge in [0, 0.05) is 31.9 Å². The fourth-order valence-corrected chi connectivity index (χ4v) is 2.89. The lowest BCUT2D eigenvalue weighted by Crippen LogP contribution is -2.23. The number of rotatable bonds is 6. The molecule has 2 aromatic rings. The lowest BCUT2D eigenvalue weighted by atomic mass is 10.1. The van der Waals surface area contributed by atoms with E-state index in [1.807, 2.05) is 43.3 Å². The highest BCUT2D eigenvalue weighted by Gasteiger charge is 2.10. The summed E-state index contributed by atoms with van der Waals surface area (Å²) in [7, 11) is 0.543. The average Bonchev–Trinajstić information content (AvgIpc) is 2.53. The van der Waals surface area contributed by atoms with Crippen LogP contribution in [0.3, 0.4) is 0 Å². The number of hydrogen-bond acceptors (Lipinski definition) is 4. The van der Waals surface area contributed by atoms with E-state index in [-0.39, 0.29) is 5.91 Å². The van der Waals surface area contributed by atoms with E-state index in [9.17, 15) is 13.2 Å². The zero-order valence-corrected chi connectivity index (χ0v) is 15.6. The molecule has 0 bridgehead atoms. The molecule has 7 heteroatoms. The minimum atomic E-state index is -3.39. The van der Waals surface area contributed by atoms with Crippen molar-refractivity contribution in [3.63, 3.8) is 0 Å². The molecule has 0 aliphatic heterocycles. The summed E-state index contributed by atoms with van der Waals surface area (Å²) >= 11 is 0. The molecule has 6 nitrogen and oxygen atoms in total. The maximum Gasteiger partial charge on any atom is 0.251 e. The van der Waals surface area contributed by atoms with Crippen molar-refractivity contribution in [2.24, 2.45) is 0 Å². The van der Waals surface area contributed by atoms with E-state index < -0.39 is 10.0 Å². The van der Waals surface area contributed by atoms with Gasteiger partial charge in [-0.15, -0.1) is 0 Å². The summed E-state index contributed by atoms with van der Waals surface area (Å²) in [4.78, 5) is 14.3. The Morgan fingerprint density at radius 1 is 1.08 bits per heavy atom. The third-order valence-electron chi connectivity index (χ3n) is 3.70. The molecular weight excluding hydrogens is 338 g/mol. The zero-order valence-electron chi connectivity index (χ0n) is 14.8. The quantitative estimate of drug-likeness (QED) is 0.828. The summed E-state index contributed by atoms with van der Waals surface area (Å²) in [6, 6.07) is 12.8. The molecule has 2 N–H and O–H groups in total. The largest absolute Gasteiger partial charge is 0.378 e. The van der Waals surface area contributed by atoms with E-state index in [0.29, 0.717) is 17.8 Å². The molecule has 0 aliphatic carbocycles. The maximum absolute atomic E-state index is 12.3. The Morgan fingerprint density at radius 3 is 2.28 bits per heavy atom. The summed E-state index contributed by atoms with van der Waals surface area (Å²) in [5.74, 6) is -0.256. The van der Waals surface area contributed by atoms with Gasteiger partial charge in [0.25, 0.3) is 5.91 Å². The first kappa shape index (κ1) is 18.8. The van der Waals surface area contributed by atoms with Gasteiger partial charge in [0.2, 0.25) is 10.0 Å². The molecule has 0 aromatic heterocycles. The second kappa shape index (κ2) is 7.57. The summed E-state index contributed by atoms with van der Waals surface area (Å²) in [6.07, 6.45) is 1.08. The smallest absolute Gasteiger partial charge is 0.251 e. The van der Waals surface area contributed by atoms with Gasteiger partial charge in [0.1, 0.15) is 0 Å². The highest BCUT2D eigenvalue weighted by Crippen LogP contribution is 2.18. The Kier molecular flexibility index (Phi) is 5.69. The maximum atomic E-state index is 12.3. The van der Waals surface area contributed by atoms with Crippen LogP contribution in [0.1, 0.15) is 21.5 Å². The van der Waals surface area contributed by atoms with Gasteiger partial charge in [-0.3, -0.25) is 9.52 Å². The van der Waals surface area contributed by atoms with Gasteiger partial charge < -0.3 is 10.2 Å². The molecule has 0 heterocycles. The Balaban J connectivity index is 2.06. The summed E-state index contributed by atoms with van der Waals surface area (Å²) in [5, 5.41) is 2.84. The van der Waals surface area contributed by atoms with Crippen LogP contribution in [0.25, 0.3) is 0 Å². The third-order valence-corrected chi connectivity index (χ3v) is 4.29. The number of nitrogens with zero attached hydrogens (tertiary/aromatic N) is 1. The summed E-state index contributed by atoms with van der Waals surface area (Å²) < 4.78 is 25.2. The summed E-state index contributed by atoms with van der Waals surface area (Å²) in [6.45, 7) is 2.18. The average molecular weight is 361 g/mol. The van der Waals surface area contributed by atoms with E-state index in [1.165, 1.54) is 0 Å². The fraction of sp³-hybridized carbons (Fsp3) is 0.278. The van der Waals surface area contributed by atoms with Crippen molar-refractivity contribution >= 4 is 27.3 Å². The molecule has 0 saturated carbocycles. The second-order valence-electron chi connectivity index (χ2n) is 6.15. The number of sulfonamides is 1. The molecule has 1 amide bonds. The Hall–Kier alpha value is -2.54. The molecule has 0 atom stereocenters. The minimum Gasteiger partial charge on any atom is -0.378 e. The topological polar surface area (TPSA) is 78.5 Å². The number of anilines is 2. The normalized spacial score (nSPS) is 11.0. The third kappa shape index (κ3) is 5.49. The second-order valence-corrected chi connectivity index (χ2v) is 7.90. The minimum absolute atomic E-state index is 0.256. The highest BCUT2D eigenvalue weighted by atomic mass is 32.2. The first-order valence-corrected chi connectivity index (χ1v) is 9.68. The standard InChI is InChI=1S/C18H23N3O3S/c1-13-5-8-15(11-17(13)20-25(4,23)24)18(22)19-12-14-6-9-16(10-7-14)21(2)3/h5-11,20H,12H2,1-4H3,(H,19,22). The molecule has 25 heavy (non-hydrogen) atoms. The van der Waals surface area contributed by atoms with Crippen molar-refractivity contribution < 1.29 is 13.2 Å². The summed E-state index contributed by atoms with van der Waals surface area (Å²) in [5.41, 5.74) is 3.64. The SMILES string of the molecule is Cc1ccc(C(=O)NCc2ccc(N(C)C)cc2)cc1NS(C)(=O)=O. The molecule has 2 aromatic carbocycles. The van der Waals surface area contributed by atoms with Crippen LogP contribution in [-0.2, 0) is 16.6 Å². The Morgan fingerprint density at radius 2 is 1.72 bits per heavy atom. The predicted molar refractivity (Wildman–Crippen MR) is 102 cm³/mol. The van der Waals surface area contributed by atoms with Crippen molar-refractivity contribution in [1.82, 2.24) is 5.32 Å². The molecule has 0 fully saturated rings. The van der Waals surface area contributed by atoms with Gasteiger partial charge >= 0.3 is 0 Å². The lowest BCUT2D eigenvalue weighted by Gasteiger charge is -2.13.